The number of alkyl halides is 3. The highest BCUT2D eigenvalue weighted by atomic mass is 32.2. The quantitative estimate of drug-likeness (QED) is 0.365. The van der Waals surface area contributed by atoms with E-state index in [-0.39, 0.29) is 21.7 Å². The molecule has 4 rings (SSSR count). The molecule has 0 aliphatic carbocycles. The molecule has 1 aromatic heterocycles. The summed E-state index contributed by atoms with van der Waals surface area (Å²) in [5.74, 6) is 0. The van der Waals surface area contributed by atoms with Gasteiger partial charge in [-0.25, -0.2) is 18.2 Å². The first-order valence-corrected chi connectivity index (χ1v) is 12.3. The first-order valence-electron chi connectivity index (χ1n) is 10.8. The van der Waals surface area contributed by atoms with Crippen LogP contribution < -0.4 is 5.14 Å². The average molecular weight is 500 g/mol. The molecule has 0 aliphatic heterocycles. The third kappa shape index (κ3) is 5.31. The molecule has 35 heavy (non-hydrogen) atoms. The SMILES string of the molecule is CC(C)(C)c1ccc(-c2ccc(-c3cc(C(F)(F)F)nn3-c3ccc(S(N)(=O)=O)cc3)cc2)cc1. The molecule has 3 aromatic carbocycles. The molecule has 0 spiro atoms. The third-order valence-electron chi connectivity index (χ3n) is 5.67. The first kappa shape index (κ1) is 24.7. The Labute approximate surface area is 202 Å². The monoisotopic (exact) mass is 499 g/mol. The van der Waals surface area contributed by atoms with E-state index >= 15 is 0 Å². The third-order valence-corrected chi connectivity index (χ3v) is 6.60. The van der Waals surface area contributed by atoms with Crippen LogP contribution in [0.5, 0.6) is 0 Å². The lowest BCUT2D eigenvalue weighted by atomic mass is 9.86. The van der Waals surface area contributed by atoms with E-state index in [9.17, 15) is 21.6 Å². The van der Waals surface area contributed by atoms with Gasteiger partial charge in [-0.15, -0.1) is 0 Å². The van der Waals surface area contributed by atoms with Gasteiger partial charge in [0.15, 0.2) is 5.69 Å². The molecule has 182 valence electrons. The fourth-order valence-electron chi connectivity index (χ4n) is 3.70. The number of nitrogens with two attached hydrogens (primary N) is 1. The fourth-order valence-corrected chi connectivity index (χ4v) is 4.21. The number of halogens is 3. The lowest BCUT2D eigenvalue weighted by molar-refractivity contribution is -0.141. The minimum atomic E-state index is -4.64. The van der Waals surface area contributed by atoms with E-state index in [1.165, 1.54) is 29.8 Å². The van der Waals surface area contributed by atoms with Crippen molar-refractivity contribution < 1.29 is 21.6 Å². The van der Waals surface area contributed by atoms with Gasteiger partial charge < -0.3 is 0 Å². The molecule has 4 aromatic rings. The van der Waals surface area contributed by atoms with Gasteiger partial charge >= 0.3 is 6.18 Å². The number of hydrogen-bond acceptors (Lipinski definition) is 3. The largest absolute Gasteiger partial charge is 0.435 e. The Morgan fingerprint density at radius 1 is 0.771 bits per heavy atom. The van der Waals surface area contributed by atoms with Crippen molar-refractivity contribution in [1.82, 2.24) is 9.78 Å². The van der Waals surface area contributed by atoms with Crippen molar-refractivity contribution in [1.29, 1.82) is 0 Å². The molecule has 0 fully saturated rings. The standard InChI is InChI=1S/C26H24F3N3O2S/c1-25(2,3)20-10-8-18(9-11-20)17-4-6-19(7-5-17)23-16-24(26(27,28)29)31-32(23)21-12-14-22(15-13-21)35(30,33)34/h4-16H,1-3H3,(H2,30,33,34). The van der Waals surface area contributed by atoms with E-state index in [1.54, 1.807) is 12.1 Å². The summed E-state index contributed by atoms with van der Waals surface area (Å²) in [7, 11) is -3.93. The highest BCUT2D eigenvalue weighted by molar-refractivity contribution is 7.89. The maximum Gasteiger partial charge on any atom is 0.435 e. The predicted octanol–water partition coefficient (Wildman–Crippen LogP) is 6.17. The molecule has 0 bridgehead atoms. The van der Waals surface area contributed by atoms with Crippen LogP contribution in [-0.4, -0.2) is 18.2 Å². The molecule has 2 N–H and O–H groups in total. The lowest BCUT2D eigenvalue weighted by Crippen LogP contribution is -2.12. The number of primary sulfonamides is 1. The van der Waals surface area contributed by atoms with Crippen LogP contribution in [0.4, 0.5) is 13.2 Å². The molecule has 9 heteroatoms. The van der Waals surface area contributed by atoms with Crippen LogP contribution in [0.15, 0.2) is 83.8 Å². The van der Waals surface area contributed by atoms with Crippen molar-refractivity contribution in [3.63, 3.8) is 0 Å². The molecule has 0 aliphatic rings. The van der Waals surface area contributed by atoms with Gasteiger partial charge in [-0.2, -0.15) is 18.3 Å². The molecule has 0 saturated carbocycles. The number of aromatic nitrogens is 2. The van der Waals surface area contributed by atoms with Gasteiger partial charge in [0.25, 0.3) is 0 Å². The summed E-state index contributed by atoms with van der Waals surface area (Å²) in [5.41, 5.74) is 3.11. The Kier molecular flexibility index (Phi) is 6.11. The molecular formula is C26H24F3N3O2S. The Hall–Kier alpha value is -3.43. The Bertz CT molecular complexity index is 1450. The number of nitrogens with zero attached hydrogens (tertiary/aromatic N) is 2. The number of rotatable bonds is 4. The van der Waals surface area contributed by atoms with Crippen molar-refractivity contribution in [2.75, 3.05) is 0 Å². The van der Waals surface area contributed by atoms with Crippen molar-refractivity contribution in [2.24, 2.45) is 5.14 Å². The van der Waals surface area contributed by atoms with Crippen LogP contribution in [0.25, 0.3) is 28.1 Å². The maximum atomic E-state index is 13.5. The summed E-state index contributed by atoms with van der Waals surface area (Å²) in [6.45, 7) is 6.41. The van der Waals surface area contributed by atoms with Gasteiger partial charge in [0.05, 0.1) is 16.3 Å². The zero-order valence-corrected chi connectivity index (χ0v) is 20.2. The minimum absolute atomic E-state index is 0.0313. The summed E-state index contributed by atoms with van der Waals surface area (Å²) in [4.78, 5) is -0.146. The first-order chi connectivity index (χ1) is 16.2. The summed E-state index contributed by atoms with van der Waals surface area (Å²) in [5, 5.41) is 8.86. The van der Waals surface area contributed by atoms with E-state index in [2.05, 4.69) is 38.0 Å². The Morgan fingerprint density at radius 2 is 1.26 bits per heavy atom. The second-order valence-corrected chi connectivity index (χ2v) is 10.8. The Morgan fingerprint density at radius 3 is 1.71 bits per heavy atom. The van der Waals surface area contributed by atoms with E-state index in [4.69, 9.17) is 5.14 Å². The van der Waals surface area contributed by atoms with E-state index in [0.717, 1.165) is 21.9 Å². The predicted molar refractivity (Wildman–Crippen MR) is 130 cm³/mol. The molecule has 1 heterocycles. The van der Waals surface area contributed by atoms with Gasteiger partial charge in [-0.3, -0.25) is 0 Å². The molecule has 0 amide bonds. The van der Waals surface area contributed by atoms with Gasteiger partial charge in [0.2, 0.25) is 10.0 Å². The molecule has 0 saturated heterocycles. The number of benzene rings is 3. The summed E-state index contributed by atoms with van der Waals surface area (Å²) < 4.78 is 64.6. The van der Waals surface area contributed by atoms with Crippen LogP contribution in [-0.2, 0) is 21.6 Å². The van der Waals surface area contributed by atoms with Crippen LogP contribution in [0.3, 0.4) is 0 Å². The zero-order chi connectivity index (χ0) is 25.6. The average Bonchev–Trinajstić information content (AvgIpc) is 3.24. The van der Waals surface area contributed by atoms with E-state index in [0.29, 0.717) is 5.56 Å². The molecule has 0 radical (unpaired) electrons. The summed E-state index contributed by atoms with van der Waals surface area (Å²) in [6.07, 6.45) is -4.64. The smallest absolute Gasteiger partial charge is 0.233 e. The Balaban J connectivity index is 1.73. The lowest BCUT2D eigenvalue weighted by Gasteiger charge is -2.19. The fraction of sp³-hybridized carbons (Fsp3) is 0.192. The van der Waals surface area contributed by atoms with Crippen LogP contribution >= 0.6 is 0 Å². The summed E-state index contributed by atoms with van der Waals surface area (Å²) in [6, 6.07) is 21.5. The maximum absolute atomic E-state index is 13.5. The second kappa shape index (κ2) is 8.66. The van der Waals surface area contributed by atoms with Crippen molar-refractivity contribution in [3.8, 4) is 28.1 Å². The normalized spacial score (nSPS) is 12.7. The van der Waals surface area contributed by atoms with Gasteiger partial charge in [-0.05, 0) is 52.4 Å². The molecule has 5 nitrogen and oxygen atoms in total. The van der Waals surface area contributed by atoms with Gasteiger partial charge in [0.1, 0.15) is 0 Å². The van der Waals surface area contributed by atoms with E-state index < -0.39 is 21.9 Å². The van der Waals surface area contributed by atoms with Crippen LogP contribution in [0.2, 0.25) is 0 Å². The topological polar surface area (TPSA) is 78.0 Å². The number of sulfonamides is 1. The molecule has 0 atom stereocenters. The summed E-state index contributed by atoms with van der Waals surface area (Å²) >= 11 is 0. The molecular weight excluding hydrogens is 475 g/mol. The van der Waals surface area contributed by atoms with Crippen LogP contribution in [0, 0.1) is 0 Å². The number of hydrogen-bond donors (Lipinski definition) is 1. The van der Waals surface area contributed by atoms with Crippen molar-refractivity contribution in [3.05, 3.63) is 90.1 Å². The van der Waals surface area contributed by atoms with Gasteiger partial charge in [-0.1, -0.05) is 69.3 Å². The van der Waals surface area contributed by atoms with E-state index in [1.807, 2.05) is 24.3 Å². The van der Waals surface area contributed by atoms with Crippen LogP contribution in [0.1, 0.15) is 32.0 Å². The van der Waals surface area contributed by atoms with Gasteiger partial charge in [0, 0.05) is 5.56 Å². The minimum Gasteiger partial charge on any atom is -0.233 e. The highest BCUT2D eigenvalue weighted by Gasteiger charge is 2.35. The second-order valence-electron chi connectivity index (χ2n) is 9.27. The molecule has 0 unspecified atom stereocenters. The van der Waals surface area contributed by atoms with Crippen molar-refractivity contribution >= 4 is 10.0 Å². The zero-order valence-electron chi connectivity index (χ0n) is 19.3. The van der Waals surface area contributed by atoms with Crippen molar-refractivity contribution in [2.45, 2.75) is 37.3 Å². The highest BCUT2D eigenvalue weighted by Crippen LogP contribution is 2.34.